The van der Waals surface area contributed by atoms with Gasteiger partial charge in [0.2, 0.25) is 0 Å². The van der Waals surface area contributed by atoms with E-state index in [1.165, 1.54) is 24.3 Å². The number of halogens is 2. The number of aromatic nitrogens is 4. The Morgan fingerprint density at radius 1 is 1.27 bits per heavy atom. The molecule has 8 nitrogen and oxygen atoms in total. The molecule has 1 atom stereocenters. The molecular formula is C23H19ClFN5O3. The third kappa shape index (κ3) is 3.54. The summed E-state index contributed by atoms with van der Waals surface area (Å²) < 4.78 is 18.0. The molecule has 0 fully saturated rings. The summed E-state index contributed by atoms with van der Waals surface area (Å²) in [6.07, 6.45) is 2.49. The summed E-state index contributed by atoms with van der Waals surface area (Å²) in [5.74, 6) is -1.79. The van der Waals surface area contributed by atoms with Crippen molar-refractivity contribution in [2.24, 2.45) is 7.05 Å². The van der Waals surface area contributed by atoms with Crippen LogP contribution in [0.1, 0.15) is 34.7 Å². The van der Waals surface area contributed by atoms with Gasteiger partial charge in [-0.1, -0.05) is 11.6 Å². The van der Waals surface area contributed by atoms with Crippen LogP contribution < -0.4 is 10.9 Å². The molecule has 10 heteroatoms. The molecule has 0 aliphatic carbocycles. The van der Waals surface area contributed by atoms with Gasteiger partial charge >= 0.3 is 5.97 Å². The molecule has 1 aromatic carbocycles. The van der Waals surface area contributed by atoms with E-state index in [9.17, 15) is 19.1 Å². The Kier molecular flexibility index (Phi) is 4.93. The van der Waals surface area contributed by atoms with E-state index in [0.29, 0.717) is 23.9 Å². The van der Waals surface area contributed by atoms with Crippen molar-refractivity contribution < 1.29 is 14.3 Å². The molecule has 0 spiro atoms. The molecule has 1 aliphatic rings. The monoisotopic (exact) mass is 467 g/mol. The summed E-state index contributed by atoms with van der Waals surface area (Å²) in [5.41, 5.74) is 2.74. The molecule has 2 N–H and O–H groups in total. The Morgan fingerprint density at radius 3 is 2.82 bits per heavy atom. The summed E-state index contributed by atoms with van der Waals surface area (Å²) >= 11 is 5.85. The third-order valence-electron chi connectivity index (χ3n) is 5.88. The molecule has 0 saturated heterocycles. The summed E-state index contributed by atoms with van der Waals surface area (Å²) in [5, 5.41) is 17.9. The fourth-order valence-corrected chi connectivity index (χ4v) is 4.57. The smallest absolute Gasteiger partial charge is 0.356 e. The average molecular weight is 468 g/mol. The summed E-state index contributed by atoms with van der Waals surface area (Å²) in [4.78, 5) is 28.8. The molecule has 0 amide bonds. The Labute approximate surface area is 192 Å². The van der Waals surface area contributed by atoms with E-state index in [2.05, 4.69) is 15.4 Å². The van der Waals surface area contributed by atoms with Crippen molar-refractivity contribution in [1.82, 2.24) is 19.3 Å². The lowest BCUT2D eigenvalue weighted by Crippen LogP contribution is -2.26. The zero-order valence-corrected chi connectivity index (χ0v) is 18.5. The van der Waals surface area contributed by atoms with Crippen LogP contribution in [0.2, 0.25) is 5.15 Å². The second-order valence-corrected chi connectivity index (χ2v) is 8.44. The number of nitrogens with one attached hydrogen (secondary N) is 1. The SMILES string of the molecule is C[C@@H](Nc1ccc(Cl)nc1C(=O)O)c1cc(F)cc2c(=O)n3c(cc12)-c1cn(C)nc1CC3. The standard InChI is InChI=1S/C23H19ClFN5O3/c1-11(26-18-3-4-20(24)27-21(18)23(32)33)13-7-12(25)8-15-14(13)9-19-16-10-29(2)28-17(16)5-6-30(19)22(15)31/h3-4,7-11,26H,5-6H2,1-2H3,(H,32,33)/t11-/m1/s1. The zero-order chi connectivity index (χ0) is 23.4. The highest BCUT2D eigenvalue weighted by Gasteiger charge is 2.24. The molecule has 0 radical (unpaired) electrons. The van der Waals surface area contributed by atoms with Crippen molar-refractivity contribution in [1.29, 1.82) is 0 Å². The number of carboxylic acids is 1. The highest BCUT2D eigenvalue weighted by atomic mass is 35.5. The van der Waals surface area contributed by atoms with Crippen LogP contribution in [0.15, 0.2) is 41.3 Å². The highest BCUT2D eigenvalue weighted by Crippen LogP contribution is 2.33. The summed E-state index contributed by atoms with van der Waals surface area (Å²) in [6.45, 7) is 2.23. The molecule has 1 aliphatic heterocycles. The number of benzene rings is 1. The van der Waals surface area contributed by atoms with E-state index < -0.39 is 17.8 Å². The van der Waals surface area contributed by atoms with E-state index in [0.717, 1.165) is 17.0 Å². The number of nitrogens with zero attached hydrogens (tertiary/aromatic N) is 4. The van der Waals surface area contributed by atoms with Crippen LogP contribution in [-0.4, -0.2) is 30.4 Å². The first-order valence-electron chi connectivity index (χ1n) is 10.3. The van der Waals surface area contributed by atoms with Gasteiger partial charge in [0.05, 0.1) is 22.5 Å². The van der Waals surface area contributed by atoms with Crippen molar-refractivity contribution >= 4 is 34.0 Å². The molecular weight excluding hydrogens is 449 g/mol. The lowest BCUT2D eigenvalue weighted by Gasteiger charge is -2.22. The largest absolute Gasteiger partial charge is 0.476 e. The van der Waals surface area contributed by atoms with Crippen molar-refractivity contribution in [2.75, 3.05) is 5.32 Å². The number of fused-ring (bicyclic) bond motifs is 4. The van der Waals surface area contributed by atoms with Gasteiger partial charge in [-0.05, 0) is 48.2 Å². The fraction of sp³-hybridized carbons (Fsp3) is 0.217. The molecule has 5 rings (SSSR count). The molecule has 0 saturated carbocycles. The minimum atomic E-state index is -1.24. The lowest BCUT2D eigenvalue weighted by atomic mass is 9.96. The predicted octanol–water partition coefficient (Wildman–Crippen LogP) is 4.02. The van der Waals surface area contributed by atoms with E-state index in [4.69, 9.17) is 11.6 Å². The van der Waals surface area contributed by atoms with Gasteiger partial charge in [0.25, 0.3) is 5.56 Å². The number of aryl methyl sites for hydroxylation is 2. The maximum absolute atomic E-state index is 14.6. The summed E-state index contributed by atoms with van der Waals surface area (Å²) in [7, 11) is 1.83. The summed E-state index contributed by atoms with van der Waals surface area (Å²) in [6, 6.07) is 6.92. The molecule has 4 aromatic rings. The van der Waals surface area contributed by atoms with E-state index >= 15 is 0 Å². The van der Waals surface area contributed by atoms with E-state index in [-0.39, 0.29) is 27.5 Å². The average Bonchev–Trinajstić information content (AvgIpc) is 3.15. The van der Waals surface area contributed by atoms with Crippen molar-refractivity contribution in [3.8, 4) is 11.3 Å². The minimum absolute atomic E-state index is 0.0498. The van der Waals surface area contributed by atoms with Crippen LogP contribution in [-0.2, 0) is 20.0 Å². The number of anilines is 1. The van der Waals surface area contributed by atoms with Crippen LogP contribution in [0.5, 0.6) is 0 Å². The van der Waals surface area contributed by atoms with Crippen molar-refractivity contribution in [3.63, 3.8) is 0 Å². The van der Waals surface area contributed by atoms with Gasteiger partial charge in [-0.2, -0.15) is 5.10 Å². The molecule has 3 aromatic heterocycles. The van der Waals surface area contributed by atoms with Crippen LogP contribution in [0.4, 0.5) is 10.1 Å². The van der Waals surface area contributed by atoms with E-state index in [1.807, 2.05) is 19.3 Å². The zero-order valence-electron chi connectivity index (χ0n) is 17.8. The van der Waals surface area contributed by atoms with Crippen molar-refractivity contribution in [2.45, 2.75) is 25.9 Å². The molecule has 33 heavy (non-hydrogen) atoms. The Balaban J connectivity index is 1.67. The second kappa shape index (κ2) is 7.70. The van der Waals surface area contributed by atoms with Crippen LogP contribution >= 0.6 is 11.6 Å². The normalized spacial score (nSPS) is 13.5. The van der Waals surface area contributed by atoms with Gasteiger partial charge in [-0.15, -0.1) is 0 Å². The first-order valence-corrected chi connectivity index (χ1v) is 10.7. The molecule has 4 heterocycles. The number of carbonyl (C=O) groups is 1. The van der Waals surface area contributed by atoms with Crippen LogP contribution in [0.3, 0.4) is 0 Å². The fourth-order valence-electron chi connectivity index (χ4n) is 4.43. The first-order chi connectivity index (χ1) is 15.7. The lowest BCUT2D eigenvalue weighted by molar-refractivity contribution is 0.0691. The van der Waals surface area contributed by atoms with Gasteiger partial charge in [0.15, 0.2) is 5.69 Å². The molecule has 0 bridgehead atoms. The number of hydrogen-bond acceptors (Lipinski definition) is 5. The van der Waals surface area contributed by atoms with Gasteiger partial charge in [0, 0.05) is 37.8 Å². The Hall–Kier alpha value is -3.72. The first kappa shape index (κ1) is 21.1. The predicted molar refractivity (Wildman–Crippen MR) is 122 cm³/mol. The number of aromatic carboxylic acids is 1. The number of rotatable bonds is 4. The Morgan fingerprint density at radius 2 is 2.06 bits per heavy atom. The third-order valence-corrected chi connectivity index (χ3v) is 6.09. The second-order valence-electron chi connectivity index (χ2n) is 8.06. The van der Waals surface area contributed by atoms with Crippen molar-refractivity contribution in [3.05, 3.63) is 74.8 Å². The van der Waals surface area contributed by atoms with Crippen LogP contribution in [0, 0.1) is 5.82 Å². The maximum Gasteiger partial charge on any atom is 0.356 e. The van der Waals surface area contributed by atoms with E-state index in [1.54, 1.807) is 16.2 Å². The van der Waals surface area contributed by atoms with Gasteiger partial charge in [-0.3, -0.25) is 9.48 Å². The van der Waals surface area contributed by atoms with Crippen LogP contribution in [0.25, 0.3) is 22.0 Å². The van der Waals surface area contributed by atoms with Gasteiger partial charge in [0.1, 0.15) is 11.0 Å². The van der Waals surface area contributed by atoms with Gasteiger partial charge in [-0.25, -0.2) is 14.2 Å². The minimum Gasteiger partial charge on any atom is -0.476 e. The quantitative estimate of drug-likeness (QED) is 0.439. The molecule has 168 valence electrons. The Bertz CT molecular complexity index is 1510. The topological polar surface area (TPSA) is 102 Å². The number of pyridine rings is 2. The number of hydrogen-bond donors (Lipinski definition) is 2. The molecule has 0 unspecified atom stereocenters. The highest BCUT2D eigenvalue weighted by molar-refractivity contribution is 6.29. The number of carboxylic acid groups (broad SMARTS) is 1. The maximum atomic E-state index is 14.6. The van der Waals surface area contributed by atoms with Gasteiger partial charge < -0.3 is 15.0 Å².